The number of likely N-dealkylation sites (tertiary alicyclic amines) is 1. The number of hydrogen-bond donors (Lipinski definition) is 1. The molecule has 4 aromatic heterocycles. The third-order valence-corrected chi connectivity index (χ3v) is 9.79. The van der Waals surface area contributed by atoms with Crippen LogP contribution in [0.4, 0.5) is 5.82 Å². The molecule has 50 heavy (non-hydrogen) atoms. The Morgan fingerprint density at radius 3 is 2.44 bits per heavy atom. The molecule has 1 aromatic carbocycles. The SMILES string of the molecule is CO[C@@]1(C(=O)Cc2ccc3[nH]nc(-c4ccc(OC(C)C)nc4)c3c2)CCN(CC(=O)C2CCN(c3ccc(-c4ncccn4)cn3)CC2)C1. The fraction of sp³-hybridized carbons (Fsp3) is 0.395. The smallest absolute Gasteiger partial charge is 0.213 e. The zero-order chi connectivity index (χ0) is 34.7. The Balaban J connectivity index is 0.936. The van der Waals surface area contributed by atoms with Crippen LogP contribution in [0.1, 0.15) is 38.7 Å². The summed E-state index contributed by atoms with van der Waals surface area (Å²) in [6, 6.07) is 15.5. The Morgan fingerprint density at radius 2 is 1.74 bits per heavy atom. The number of rotatable bonds is 12. The van der Waals surface area contributed by atoms with Crippen LogP contribution in [0.2, 0.25) is 0 Å². The predicted molar refractivity (Wildman–Crippen MR) is 190 cm³/mol. The van der Waals surface area contributed by atoms with E-state index in [1.165, 1.54) is 0 Å². The van der Waals surface area contributed by atoms with E-state index in [4.69, 9.17) is 9.47 Å². The van der Waals surface area contributed by atoms with E-state index in [1.807, 2.05) is 56.3 Å². The van der Waals surface area contributed by atoms with Crippen LogP contribution in [-0.2, 0) is 20.7 Å². The molecule has 6 heterocycles. The van der Waals surface area contributed by atoms with Gasteiger partial charge in [0.05, 0.1) is 18.2 Å². The number of Topliss-reactive ketones (excluding diaryl/α,β-unsaturated/α-hetero) is 2. The quantitative estimate of drug-likeness (QED) is 0.192. The standard InChI is InChI=1S/C38H42N8O4/c1-25(2)50-35-10-7-28(21-42-35)36-30-19-26(5-8-31(30)43-44-36)20-33(48)38(49-3)13-18-45(24-38)23-32(47)27-11-16-46(17-12-27)34-9-6-29(22-41-34)37-39-14-4-15-40-37/h4-10,14-15,19,21-22,25,27H,11-13,16-18,20,23-24H2,1-3H3,(H,43,44)/t38-/m0/s1. The lowest BCUT2D eigenvalue weighted by Crippen LogP contribution is -2.46. The molecule has 2 saturated heterocycles. The highest BCUT2D eigenvalue weighted by atomic mass is 16.5. The molecule has 258 valence electrons. The van der Waals surface area contributed by atoms with E-state index in [0.717, 1.165) is 65.0 Å². The van der Waals surface area contributed by atoms with Gasteiger partial charge in [-0.2, -0.15) is 5.10 Å². The second kappa shape index (κ2) is 14.4. The number of pyridine rings is 2. The van der Waals surface area contributed by atoms with Crippen molar-refractivity contribution in [3.63, 3.8) is 0 Å². The number of aromatic amines is 1. The summed E-state index contributed by atoms with van der Waals surface area (Å²) in [5, 5.41) is 8.54. The molecule has 5 aromatic rings. The summed E-state index contributed by atoms with van der Waals surface area (Å²) < 4.78 is 11.6. The van der Waals surface area contributed by atoms with Crippen LogP contribution in [0.5, 0.6) is 5.88 Å². The van der Waals surface area contributed by atoms with Crippen LogP contribution < -0.4 is 9.64 Å². The number of nitrogens with one attached hydrogen (secondary N) is 1. The van der Waals surface area contributed by atoms with Gasteiger partial charge >= 0.3 is 0 Å². The van der Waals surface area contributed by atoms with Gasteiger partial charge in [-0.05, 0) is 75.1 Å². The van der Waals surface area contributed by atoms with E-state index in [0.29, 0.717) is 37.8 Å². The molecular formula is C38H42N8O4. The summed E-state index contributed by atoms with van der Waals surface area (Å²) >= 11 is 0. The first kappa shape index (κ1) is 33.4. The summed E-state index contributed by atoms with van der Waals surface area (Å²) in [7, 11) is 1.60. The normalized spacial score (nSPS) is 18.6. The number of fused-ring (bicyclic) bond motifs is 1. The minimum absolute atomic E-state index is 0.0125. The Bertz CT molecular complexity index is 1940. The zero-order valence-electron chi connectivity index (χ0n) is 28.7. The van der Waals surface area contributed by atoms with Gasteiger partial charge < -0.3 is 14.4 Å². The average Bonchev–Trinajstić information content (AvgIpc) is 3.77. The monoisotopic (exact) mass is 674 g/mol. The number of hydrogen-bond acceptors (Lipinski definition) is 11. The Kier molecular flexibility index (Phi) is 9.64. The summed E-state index contributed by atoms with van der Waals surface area (Å²) in [4.78, 5) is 49.2. The van der Waals surface area contributed by atoms with Crippen molar-refractivity contribution in [2.24, 2.45) is 5.92 Å². The molecule has 2 aliphatic rings. The molecule has 0 radical (unpaired) electrons. The molecular weight excluding hydrogens is 632 g/mol. The van der Waals surface area contributed by atoms with Gasteiger partial charge in [0, 0.05) is 93.0 Å². The maximum atomic E-state index is 13.8. The van der Waals surface area contributed by atoms with Crippen molar-refractivity contribution in [3.05, 3.63) is 78.9 Å². The van der Waals surface area contributed by atoms with Gasteiger partial charge in [0.25, 0.3) is 0 Å². The number of H-pyrrole nitrogens is 1. The van der Waals surface area contributed by atoms with Crippen molar-refractivity contribution in [3.8, 4) is 28.5 Å². The summed E-state index contributed by atoms with van der Waals surface area (Å²) in [5.41, 5.74) is 3.31. The first-order chi connectivity index (χ1) is 24.3. The number of aromatic nitrogens is 6. The van der Waals surface area contributed by atoms with Crippen molar-refractivity contribution in [2.45, 2.75) is 51.2 Å². The van der Waals surface area contributed by atoms with E-state index in [9.17, 15) is 9.59 Å². The molecule has 0 unspecified atom stereocenters. The van der Waals surface area contributed by atoms with Crippen LogP contribution in [-0.4, -0.2) is 98.1 Å². The Morgan fingerprint density at radius 1 is 0.960 bits per heavy atom. The number of anilines is 1. The topological polar surface area (TPSA) is 139 Å². The van der Waals surface area contributed by atoms with E-state index in [2.05, 4.69) is 39.9 Å². The fourth-order valence-electron chi connectivity index (χ4n) is 7.00. The molecule has 7 rings (SSSR count). The highest BCUT2D eigenvalue weighted by molar-refractivity contribution is 5.95. The zero-order valence-corrected chi connectivity index (χ0v) is 28.7. The van der Waals surface area contributed by atoms with Crippen molar-refractivity contribution in [1.82, 2.24) is 35.0 Å². The van der Waals surface area contributed by atoms with Gasteiger partial charge in [0.15, 0.2) is 11.6 Å². The van der Waals surface area contributed by atoms with Crippen molar-refractivity contribution < 1.29 is 19.1 Å². The van der Waals surface area contributed by atoms with Gasteiger partial charge in [-0.25, -0.2) is 19.9 Å². The molecule has 0 bridgehead atoms. The van der Waals surface area contributed by atoms with Crippen LogP contribution >= 0.6 is 0 Å². The molecule has 12 nitrogen and oxygen atoms in total. The highest BCUT2D eigenvalue weighted by Gasteiger charge is 2.45. The predicted octanol–water partition coefficient (Wildman–Crippen LogP) is 4.95. The molecule has 1 N–H and O–H groups in total. The Labute approximate surface area is 291 Å². The number of ketones is 2. The minimum Gasteiger partial charge on any atom is -0.475 e. The second-order valence-corrected chi connectivity index (χ2v) is 13.5. The number of methoxy groups -OCH3 is 1. The first-order valence-electron chi connectivity index (χ1n) is 17.2. The van der Waals surface area contributed by atoms with Gasteiger partial charge in [0.2, 0.25) is 5.88 Å². The lowest BCUT2D eigenvalue weighted by atomic mass is 9.91. The first-order valence-corrected chi connectivity index (χ1v) is 17.2. The number of benzene rings is 1. The second-order valence-electron chi connectivity index (χ2n) is 13.5. The van der Waals surface area contributed by atoms with Crippen LogP contribution in [0.3, 0.4) is 0 Å². The number of carbonyl (C=O) groups excluding carboxylic acids is 2. The fourth-order valence-corrected chi connectivity index (χ4v) is 7.00. The minimum atomic E-state index is -0.948. The third kappa shape index (κ3) is 7.12. The van der Waals surface area contributed by atoms with E-state index in [-0.39, 0.29) is 30.0 Å². The van der Waals surface area contributed by atoms with Gasteiger partial charge in [-0.15, -0.1) is 0 Å². The van der Waals surface area contributed by atoms with Crippen molar-refractivity contribution in [1.29, 1.82) is 0 Å². The van der Waals surface area contributed by atoms with E-state index >= 15 is 0 Å². The third-order valence-electron chi connectivity index (χ3n) is 9.79. The molecule has 12 heteroatoms. The molecule has 2 aliphatic heterocycles. The molecule has 1 atom stereocenters. The maximum absolute atomic E-state index is 13.8. The molecule has 0 amide bonds. The molecule has 0 spiro atoms. The highest BCUT2D eigenvalue weighted by Crippen LogP contribution is 2.32. The summed E-state index contributed by atoms with van der Waals surface area (Å²) in [6.45, 7) is 6.83. The van der Waals surface area contributed by atoms with Crippen LogP contribution in [0.15, 0.2) is 73.3 Å². The van der Waals surface area contributed by atoms with Crippen molar-refractivity contribution >= 4 is 28.3 Å². The number of carbonyl (C=O) groups is 2. The maximum Gasteiger partial charge on any atom is 0.213 e. The largest absolute Gasteiger partial charge is 0.475 e. The lowest BCUT2D eigenvalue weighted by Gasteiger charge is -2.33. The van der Waals surface area contributed by atoms with Crippen molar-refractivity contribution in [2.75, 3.05) is 44.7 Å². The average molecular weight is 675 g/mol. The van der Waals surface area contributed by atoms with E-state index < -0.39 is 5.60 Å². The number of piperidine rings is 1. The molecule has 0 aliphatic carbocycles. The van der Waals surface area contributed by atoms with Crippen LogP contribution in [0.25, 0.3) is 33.5 Å². The van der Waals surface area contributed by atoms with Gasteiger partial charge in [0.1, 0.15) is 22.9 Å². The number of ether oxygens (including phenoxy) is 2. The van der Waals surface area contributed by atoms with E-state index in [1.54, 1.807) is 38.0 Å². The summed E-state index contributed by atoms with van der Waals surface area (Å²) in [6.07, 6.45) is 9.35. The molecule has 2 fully saturated rings. The van der Waals surface area contributed by atoms with Crippen LogP contribution in [0, 0.1) is 5.92 Å². The number of nitrogens with zero attached hydrogens (tertiary/aromatic N) is 7. The summed E-state index contributed by atoms with van der Waals surface area (Å²) in [5.74, 6) is 2.33. The lowest BCUT2D eigenvalue weighted by molar-refractivity contribution is -0.139. The van der Waals surface area contributed by atoms with Gasteiger partial charge in [-0.1, -0.05) is 6.07 Å². The Hall–Kier alpha value is -5.07. The molecule has 0 saturated carbocycles. The van der Waals surface area contributed by atoms with Gasteiger partial charge in [-0.3, -0.25) is 19.6 Å².